The number of rotatable bonds is 3. The maximum Gasteiger partial charge on any atom is 0.308 e. The summed E-state index contributed by atoms with van der Waals surface area (Å²) in [5.74, 6) is -1.57. The molecule has 0 unspecified atom stereocenters. The van der Waals surface area contributed by atoms with E-state index in [0.29, 0.717) is 31.6 Å². The van der Waals surface area contributed by atoms with Crippen molar-refractivity contribution in [1.29, 1.82) is 0 Å². The van der Waals surface area contributed by atoms with Gasteiger partial charge in [0.05, 0.1) is 13.0 Å². The van der Waals surface area contributed by atoms with Gasteiger partial charge in [-0.3, -0.25) is 14.4 Å². The molecule has 8 heteroatoms. The summed E-state index contributed by atoms with van der Waals surface area (Å²) in [5, 5.41) is 4.13. The van der Waals surface area contributed by atoms with Crippen molar-refractivity contribution in [1.82, 2.24) is 14.7 Å². The van der Waals surface area contributed by atoms with E-state index in [1.54, 1.807) is 19.1 Å². The van der Waals surface area contributed by atoms with E-state index in [1.165, 1.54) is 34.9 Å². The Hall–Kier alpha value is -3.03. The highest BCUT2D eigenvalue weighted by Crippen LogP contribution is 2.20. The SMILES string of the molecule is COC(=O)C1CCN(C(=O)c2nn(-c3ccccc3F)c(C)cc2=O)CC1. The number of amides is 1. The van der Waals surface area contributed by atoms with Crippen LogP contribution in [0.4, 0.5) is 4.39 Å². The van der Waals surface area contributed by atoms with Crippen molar-refractivity contribution in [2.24, 2.45) is 5.92 Å². The van der Waals surface area contributed by atoms with Gasteiger partial charge in [-0.1, -0.05) is 12.1 Å². The normalized spacial score (nSPS) is 14.9. The van der Waals surface area contributed by atoms with Gasteiger partial charge in [0, 0.05) is 24.8 Å². The van der Waals surface area contributed by atoms with Crippen molar-refractivity contribution in [2.45, 2.75) is 19.8 Å². The Bertz CT molecular complexity index is 933. The molecule has 0 aliphatic carbocycles. The van der Waals surface area contributed by atoms with Gasteiger partial charge < -0.3 is 9.64 Å². The van der Waals surface area contributed by atoms with Crippen LogP contribution in [0.3, 0.4) is 0 Å². The molecule has 1 aliphatic rings. The number of piperidine rings is 1. The van der Waals surface area contributed by atoms with Crippen molar-refractivity contribution in [3.8, 4) is 5.69 Å². The van der Waals surface area contributed by atoms with E-state index in [1.807, 2.05) is 0 Å². The molecule has 0 atom stereocenters. The number of carbonyl (C=O) groups is 2. The lowest BCUT2D eigenvalue weighted by Gasteiger charge is -2.30. The third-order valence-corrected chi connectivity index (χ3v) is 4.71. The fourth-order valence-electron chi connectivity index (χ4n) is 3.20. The van der Waals surface area contributed by atoms with E-state index in [4.69, 9.17) is 4.74 Å². The summed E-state index contributed by atoms with van der Waals surface area (Å²) in [6.45, 7) is 2.28. The number of hydrogen-bond acceptors (Lipinski definition) is 5. The van der Waals surface area contributed by atoms with Crippen molar-refractivity contribution in [2.75, 3.05) is 20.2 Å². The average molecular weight is 373 g/mol. The minimum Gasteiger partial charge on any atom is -0.469 e. The first-order chi connectivity index (χ1) is 12.9. The first-order valence-corrected chi connectivity index (χ1v) is 8.65. The fourth-order valence-corrected chi connectivity index (χ4v) is 3.20. The van der Waals surface area contributed by atoms with Crippen LogP contribution in [0.15, 0.2) is 35.1 Å². The first kappa shape index (κ1) is 18.8. The maximum atomic E-state index is 14.1. The summed E-state index contributed by atoms with van der Waals surface area (Å²) in [7, 11) is 1.33. The predicted molar refractivity (Wildman–Crippen MR) is 95.2 cm³/mol. The summed E-state index contributed by atoms with van der Waals surface area (Å²) in [6.07, 6.45) is 0.928. The number of likely N-dealkylation sites (tertiary alicyclic amines) is 1. The second kappa shape index (κ2) is 7.69. The number of hydrogen-bond donors (Lipinski definition) is 0. The third kappa shape index (κ3) is 3.74. The maximum absolute atomic E-state index is 14.1. The lowest BCUT2D eigenvalue weighted by atomic mass is 9.97. The van der Waals surface area contributed by atoms with Gasteiger partial charge in [-0.25, -0.2) is 9.07 Å². The molecule has 3 rings (SSSR count). The van der Waals surface area contributed by atoms with E-state index in [0.717, 1.165) is 0 Å². The first-order valence-electron chi connectivity index (χ1n) is 8.65. The predicted octanol–water partition coefficient (Wildman–Crippen LogP) is 1.71. The molecule has 142 valence electrons. The summed E-state index contributed by atoms with van der Waals surface area (Å²) in [6, 6.07) is 7.28. The molecule has 1 aromatic heterocycles. The number of methoxy groups -OCH3 is 1. The lowest BCUT2D eigenvalue weighted by molar-refractivity contribution is -0.146. The third-order valence-electron chi connectivity index (χ3n) is 4.71. The molecule has 0 bridgehead atoms. The van der Waals surface area contributed by atoms with Crippen LogP contribution in [0.25, 0.3) is 5.69 Å². The zero-order valence-electron chi connectivity index (χ0n) is 15.1. The minimum absolute atomic E-state index is 0.161. The fraction of sp³-hybridized carbons (Fsp3) is 0.368. The molecule has 1 aromatic carbocycles. The minimum atomic E-state index is -0.520. The van der Waals surface area contributed by atoms with E-state index in [2.05, 4.69) is 5.10 Å². The highest BCUT2D eigenvalue weighted by Gasteiger charge is 2.30. The number of esters is 1. The van der Waals surface area contributed by atoms with Gasteiger partial charge in [-0.15, -0.1) is 0 Å². The van der Waals surface area contributed by atoms with Gasteiger partial charge in [0.1, 0.15) is 11.5 Å². The topological polar surface area (TPSA) is 81.5 Å². The smallest absolute Gasteiger partial charge is 0.308 e. The van der Waals surface area contributed by atoms with E-state index in [-0.39, 0.29) is 23.3 Å². The van der Waals surface area contributed by atoms with Crippen LogP contribution in [-0.4, -0.2) is 46.8 Å². The quantitative estimate of drug-likeness (QED) is 0.765. The molecule has 2 aromatic rings. The highest BCUT2D eigenvalue weighted by atomic mass is 19.1. The number of ether oxygens (including phenoxy) is 1. The molecule has 1 fully saturated rings. The molecular formula is C19H20FN3O4. The van der Waals surface area contributed by atoms with Crippen molar-refractivity contribution >= 4 is 11.9 Å². The second-order valence-electron chi connectivity index (χ2n) is 6.45. The Labute approximate surface area is 155 Å². The zero-order chi connectivity index (χ0) is 19.6. The average Bonchev–Trinajstić information content (AvgIpc) is 2.68. The van der Waals surface area contributed by atoms with Gasteiger partial charge in [-0.05, 0) is 31.9 Å². The Morgan fingerprint density at radius 3 is 2.52 bits per heavy atom. The summed E-state index contributed by atoms with van der Waals surface area (Å²) >= 11 is 0. The van der Waals surface area contributed by atoms with Crippen LogP contribution in [0.5, 0.6) is 0 Å². The molecule has 1 saturated heterocycles. The van der Waals surface area contributed by atoms with Crippen LogP contribution < -0.4 is 5.43 Å². The number of halogens is 1. The number of aromatic nitrogens is 2. The van der Waals surface area contributed by atoms with E-state index < -0.39 is 17.2 Å². The van der Waals surface area contributed by atoms with Crippen LogP contribution in [-0.2, 0) is 9.53 Å². The lowest BCUT2D eigenvalue weighted by Crippen LogP contribution is -2.43. The summed E-state index contributed by atoms with van der Waals surface area (Å²) in [5.41, 5.74) is -0.194. The van der Waals surface area contributed by atoms with Gasteiger partial charge in [0.2, 0.25) is 5.43 Å². The number of aryl methyl sites for hydroxylation is 1. The summed E-state index contributed by atoms with van der Waals surface area (Å²) < 4.78 is 20.1. The van der Waals surface area contributed by atoms with E-state index in [9.17, 15) is 18.8 Å². The van der Waals surface area contributed by atoms with Crippen LogP contribution in [0.1, 0.15) is 29.0 Å². The molecule has 2 heterocycles. The van der Waals surface area contributed by atoms with Crippen molar-refractivity contribution in [3.63, 3.8) is 0 Å². The molecule has 0 spiro atoms. The molecule has 27 heavy (non-hydrogen) atoms. The highest BCUT2D eigenvalue weighted by molar-refractivity contribution is 5.92. The van der Waals surface area contributed by atoms with Gasteiger partial charge in [0.15, 0.2) is 5.69 Å². The Morgan fingerprint density at radius 1 is 1.22 bits per heavy atom. The van der Waals surface area contributed by atoms with Crippen molar-refractivity contribution in [3.05, 3.63) is 57.8 Å². The number of benzene rings is 1. The van der Waals surface area contributed by atoms with Crippen LogP contribution >= 0.6 is 0 Å². The molecule has 7 nitrogen and oxygen atoms in total. The van der Waals surface area contributed by atoms with Crippen molar-refractivity contribution < 1.29 is 18.7 Å². The Kier molecular flexibility index (Phi) is 5.34. The molecule has 0 saturated carbocycles. The number of para-hydroxylation sites is 1. The number of nitrogens with zero attached hydrogens (tertiary/aromatic N) is 3. The molecule has 1 aliphatic heterocycles. The zero-order valence-corrected chi connectivity index (χ0v) is 15.1. The standard InChI is InChI=1S/C19H20FN3O4/c1-12-11-16(24)17(21-23(12)15-6-4-3-5-14(15)20)18(25)22-9-7-13(8-10-22)19(26)27-2/h3-6,11,13H,7-10H2,1-2H3. The van der Waals surface area contributed by atoms with Gasteiger partial charge in [0.25, 0.3) is 5.91 Å². The van der Waals surface area contributed by atoms with Gasteiger partial charge >= 0.3 is 5.97 Å². The largest absolute Gasteiger partial charge is 0.469 e. The van der Waals surface area contributed by atoms with Crippen LogP contribution in [0, 0.1) is 18.7 Å². The molecular weight excluding hydrogens is 353 g/mol. The molecule has 0 radical (unpaired) electrons. The monoisotopic (exact) mass is 373 g/mol. The van der Waals surface area contributed by atoms with Gasteiger partial charge in [-0.2, -0.15) is 5.10 Å². The van der Waals surface area contributed by atoms with Crippen LogP contribution in [0.2, 0.25) is 0 Å². The Balaban J connectivity index is 1.88. The molecule has 1 amide bonds. The second-order valence-corrected chi connectivity index (χ2v) is 6.45. The molecule has 0 N–H and O–H groups in total. The summed E-state index contributed by atoms with van der Waals surface area (Å²) in [4.78, 5) is 38.2. The van der Waals surface area contributed by atoms with E-state index >= 15 is 0 Å². The Morgan fingerprint density at radius 2 is 1.89 bits per heavy atom. The number of carbonyl (C=O) groups excluding carboxylic acids is 2.